The summed E-state index contributed by atoms with van der Waals surface area (Å²) in [5, 5.41) is 1.92. The topological polar surface area (TPSA) is 61.6 Å². The zero-order valence-electron chi connectivity index (χ0n) is 13.0. The molecule has 3 rings (SSSR count). The van der Waals surface area contributed by atoms with Crippen LogP contribution in [0.3, 0.4) is 0 Å². The molecule has 1 aromatic carbocycles. The van der Waals surface area contributed by atoms with Crippen molar-refractivity contribution in [3.63, 3.8) is 0 Å². The van der Waals surface area contributed by atoms with Gasteiger partial charge in [-0.1, -0.05) is 31.5 Å². The molecule has 0 aliphatic carbocycles. The number of ether oxygens (including phenoxy) is 2. The Kier molecular flexibility index (Phi) is 4.67. The van der Waals surface area contributed by atoms with E-state index in [1.54, 1.807) is 0 Å². The van der Waals surface area contributed by atoms with E-state index in [9.17, 15) is 4.79 Å². The molecule has 1 aliphatic heterocycles. The van der Waals surface area contributed by atoms with E-state index in [1.165, 1.54) is 11.3 Å². The minimum atomic E-state index is -0.630. The first-order valence-corrected chi connectivity index (χ1v) is 8.56. The van der Waals surface area contributed by atoms with E-state index in [-0.39, 0.29) is 11.7 Å². The van der Waals surface area contributed by atoms with Crippen molar-refractivity contribution >= 4 is 22.7 Å². The molecular weight excluding hydrogens is 310 g/mol. The highest BCUT2D eigenvalue weighted by molar-refractivity contribution is 7.10. The van der Waals surface area contributed by atoms with Gasteiger partial charge in [0.1, 0.15) is 5.75 Å². The molecule has 0 radical (unpaired) electrons. The van der Waals surface area contributed by atoms with E-state index in [1.807, 2.05) is 41.8 Å². The molecule has 1 aromatic heterocycles. The van der Waals surface area contributed by atoms with E-state index in [4.69, 9.17) is 15.2 Å². The summed E-state index contributed by atoms with van der Waals surface area (Å²) >= 11 is 1.49. The minimum Gasteiger partial charge on any atom is -0.494 e. The van der Waals surface area contributed by atoms with Gasteiger partial charge in [-0.05, 0) is 35.6 Å². The number of ketones is 1. The van der Waals surface area contributed by atoms with Crippen LogP contribution in [0.15, 0.2) is 47.7 Å². The first-order chi connectivity index (χ1) is 11.2. The largest absolute Gasteiger partial charge is 0.494 e. The first-order valence-electron chi connectivity index (χ1n) is 7.68. The van der Waals surface area contributed by atoms with Crippen molar-refractivity contribution in [3.8, 4) is 5.75 Å². The molecule has 0 spiro atoms. The molecule has 23 heavy (non-hydrogen) atoms. The average Bonchev–Trinajstić information content (AvgIpc) is 3.16. The Morgan fingerprint density at radius 2 is 2.17 bits per heavy atom. The van der Waals surface area contributed by atoms with E-state index < -0.39 is 6.10 Å². The van der Waals surface area contributed by atoms with E-state index >= 15 is 0 Å². The maximum atomic E-state index is 12.7. The van der Waals surface area contributed by atoms with Gasteiger partial charge in [0.05, 0.1) is 17.1 Å². The molecule has 1 aliphatic rings. The second kappa shape index (κ2) is 6.87. The van der Waals surface area contributed by atoms with Crippen molar-refractivity contribution in [3.05, 3.63) is 58.1 Å². The van der Waals surface area contributed by atoms with Gasteiger partial charge in [0.2, 0.25) is 5.78 Å². The molecule has 0 fully saturated rings. The monoisotopic (exact) mass is 329 g/mol. The predicted molar refractivity (Wildman–Crippen MR) is 91.1 cm³/mol. The smallest absolute Gasteiger partial charge is 0.214 e. The highest BCUT2D eigenvalue weighted by Gasteiger charge is 2.36. The summed E-state index contributed by atoms with van der Waals surface area (Å²) in [6.07, 6.45) is 1.44. The molecule has 2 N–H and O–H groups in total. The highest BCUT2D eigenvalue weighted by atomic mass is 32.1. The van der Waals surface area contributed by atoms with Crippen molar-refractivity contribution in [2.75, 3.05) is 6.61 Å². The Morgan fingerprint density at radius 1 is 1.30 bits per heavy atom. The molecule has 120 valence electrons. The van der Waals surface area contributed by atoms with Gasteiger partial charge >= 0.3 is 0 Å². The molecule has 1 atom stereocenters. The molecule has 1 unspecified atom stereocenters. The summed E-state index contributed by atoms with van der Waals surface area (Å²) in [6, 6.07) is 11.2. The van der Waals surface area contributed by atoms with Crippen molar-refractivity contribution in [1.82, 2.24) is 0 Å². The quantitative estimate of drug-likeness (QED) is 0.817. The Bertz CT molecular complexity index is 722. The molecule has 0 saturated carbocycles. The lowest BCUT2D eigenvalue weighted by atomic mass is 10.00. The molecule has 4 nitrogen and oxygen atoms in total. The van der Waals surface area contributed by atoms with E-state index in [2.05, 4.69) is 6.92 Å². The van der Waals surface area contributed by atoms with Gasteiger partial charge < -0.3 is 15.2 Å². The van der Waals surface area contributed by atoms with Gasteiger partial charge in [-0.2, -0.15) is 0 Å². The number of rotatable bonds is 6. The standard InChI is InChI=1S/C18H19NO3S/c1-2-3-9-21-13-7-4-6-12(11-13)15-16(20)17(22-18(15)19)14-8-5-10-23-14/h4-8,10-11,17H,2-3,9,19H2,1H3. The summed E-state index contributed by atoms with van der Waals surface area (Å²) in [6.45, 7) is 2.78. The maximum absolute atomic E-state index is 12.7. The van der Waals surface area contributed by atoms with Crippen LogP contribution in [-0.2, 0) is 9.53 Å². The molecule has 0 saturated heterocycles. The number of Topliss-reactive ketones (excluding diaryl/α,β-unsaturated/α-hetero) is 1. The highest BCUT2D eigenvalue weighted by Crippen LogP contribution is 2.38. The number of hydrogen-bond acceptors (Lipinski definition) is 5. The Labute approximate surface area is 139 Å². The van der Waals surface area contributed by atoms with Crippen LogP contribution < -0.4 is 10.5 Å². The second-order valence-electron chi connectivity index (χ2n) is 5.35. The molecule has 2 heterocycles. The lowest BCUT2D eigenvalue weighted by Crippen LogP contribution is -2.08. The fraction of sp³-hybridized carbons (Fsp3) is 0.278. The minimum absolute atomic E-state index is 0.101. The zero-order chi connectivity index (χ0) is 16.2. The molecule has 0 bridgehead atoms. The molecule has 5 heteroatoms. The zero-order valence-corrected chi connectivity index (χ0v) is 13.8. The number of unbranched alkanes of at least 4 members (excludes halogenated alkanes) is 1. The van der Waals surface area contributed by atoms with Crippen LogP contribution in [-0.4, -0.2) is 12.4 Å². The van der Waals surface area contributed by atoms with Crippen LogP contribution in [0.5, 0.6) is 5.75 Å². The third kappa shape index (κ3) is 3.24. The van der Waals surface area contributed by atoms with Crippen LogP contribution >= 0.6 is 11.3 Å². The number of benzene rings is 1. The van der Waals surface area contributed by atoms with Crippen molar-refractivity contribution in [2.45, 2.75) is 25.9 Å². The second-order valence-corrected chi connectivity index (χ2v) is 6.33. The summed E-state index contributed by atoms with van der Waals surface area (Å²) in [4.78, 5) is 13.6. The Morgan fingerprint density at radius 3 is 2.91 bits per heavy atom. The van der Waals surface area contributed by atoms with Crippen LogP contribution in [0.25, 0.3) is 5.57 Å². The van der Waals surface area contributed by atoms with E-state index in [0.717, 1.165) is 29.0 Å². The maximum Gasteiger partial charge on any atom is 0.214 e. The average molecular weight is 329 g/mol. The predicted octanol–water partition coefficient (Wildman–Crippen LogP) is 3.89. The number of carbonyl (C=O) groups excluding carboxylic acids is 1. The van der Waals surface area contributed by atoms with E-state index in [0.29, 0.717) is 12.2 Å². The van der Waals surface area contributed by atoms with Gasteiger partial charge in [0.15, 0.2) is 12.0 Å². The van der Waals surface area contributed by atoms with Crippen molar-refractivity contribution in [1.29, 1.82) is 0 Å². The van der Waals surface area contributed by atoms with Gasteiger partial charge in [0.25, 0.3) is 0 Å². The summed E-state index contributed by atoms with van der Waals surface area (Å²) in [7, 11) is 0. The van der Waals surface area contributed by atoms with Crippen LogP contribution in [0.4, 0.5) is 0 Å². The fourth-order valence-corrected chi connectivity index (χ4v) is 3.23. The van der Waals surface area contributed by atoms with Gasteiger partial charge in [-0.15, -0.1) is 11.3 Å². The summed E-state index contributed by atoms with van der Waals surface area (Å²) in [5.41, 5.74) is 7.14. The number of thiophene rings is 1. The number of nitrogens with two attached hydrogens (primary N) is 1. The van der Waals surface area contributed by atoms with Crippen LogP contribution in [0.1, 0.15) is 36.3 Å². The van der Waals surface area contributed by atoms with Crippen LogP contribution in [0, 0.1) is 0 Å². The first kappa shape index (κ1) is 15.6. The Hall–Kier alpha value is -2.27. The van der Waals surface area contributed by atoms with Gasteiger partial charge in [0, 0.05) is 0 Å². The number of hydrogen-bond donors (Lipinski definition) is 1. The normalized spacial score (nSPS) is 17.4. The summed E-state index contributed by atoms with van der Waals surface area (Å²) < 4.78 is 11.3. The third-order valence-corrected chi connectivity index (χ3v) is 4.58. The Balaban J connectivity index is 1.82. The molecular formula is C18H19NO3S. The van der Waals surface area contributed by atoms with Crippen molar-refractivity contribution in [2.24, 2.45) is 5.73 Å². The SMILES string of the molecule is CCCCOc1cccc(C2=C(N)OC(c3cccs3)C2=O)c1. The van der Waals surface area contributed by atoms with Crippen LogP contribution in [0.2, 0.25) is 0 Å². The number of carbonyl (C=O) groups is 1. The fourth-order valence-electron chi connectivity index (χ4n) is 2.48. The molecule has 2 aromatic rings. The molecule has 0 amide bonds. The lowest BCUT2D eigenvalue weighted by molar-refractivity contribution is -0.120. The van der Waals surface area contributed by atoms with Crippen molar-refractivity contribution < 1.29 is 14.3 Å². The lowest BCUT2D eigenvalue weighted by Gasteiger charge is -2.08. The summed E-state index contributed by atoms with van der Waals surface area (Å²) in [5.74, 6) is 0.818. The van der Waals surface area contributed by atoms with Gasteiger partial charge in [-0.25, -0.2) is 0 Å². The van der Waals surface area contributed by atoms with Gasteiger partial charge in [-0.3, -0.25) is 4.79 Å². The third-order valence-electron chi connectivity index (χ3n) is 3.67.